The van der Waals surface area contributed by atoms with Crippen molar-refractivity contribution in [3.05, 3.63) is 23.9 Å². The van der Waals surface area contributed by atoms with Gasteiger partial charge in [-0.15, -0.1) is 0 Å². The highest BCUT2D eigenvalue weighted by atomic mass is 19.3. The Hall–Kier alpha value is -1.74. The van der Waals surface area contributed by atoms with Gasteiger partial charge in [-0.1, -0.05) is 0 Å². The molecule has 0 aliphatic heterocycles. The number of alkyl halides is 2. The summed E-state index contributed by atoms with van der Waals surface area (Å²) >= 11 is 0. The van der Waals surface area contributed by atoms with Crippen molar-refractivity contribution in [3.8, 4) is 6.07 Å². The third-order valence-corrected chi connectivity index (χ3v) is 1.93. The number of aliphatic hydroxyl groups excluding tert-OH is 1. The van der Waals surface area contributed by atoms with Crippen LogP contribution in [0.15, 0.2) is 18.3 Å². The molecular weight excluding hydrogens is 216 g/mol. The number of nitrogens with zero attached hydrogens (tertiary/aromatic N) is 3. The number of rotatable bonds is 5. The number of hydrogen-bond acceptors (Lipinski definition) is 4. The zero-order valence-electron chi connectivity index (χ0n) is 8.48. The van der Waals surface area contributed by atoms with Gasteiger partial charge in [-0.2, -0.15) is 5.26 Å². The van der Waals surface area contributed by atoms with E-state index in [4.69, 9.17) is 10.4 Å². The molecule has 0 bridgehead atoms. The van der Waals surface area contributed by atoms with Crippen molar-refractivity contribution in [2.75, 3.05) is 24.6 Å². The lowest BCUT2D eigenvalue weighted by molar-refractivity contribution is 0.152. The number of anilines is 1. The Labute approximate surface area is 91.8 Å². The molecule has 0 atom stereocenters. The molecular formula is C10H11F2N3O. The topological polar surface area (TPSA) is 60.2 Å². The first-order valence-electron chi connectivity index (χ1n) is 4.67. The Morgan fingerprint density at radius 3 is 2.69 bits per heavy atom. The van der Waals surface area contributed by atoms with E-state index in [0.717, 1.165) is 0 Å². The number of aromatic nitrogens is 1. The zero-order valence-corrected chi connectivity index (χ0v) is 8.48. The van der Waals surface area contributed by atoms with Crippen molar-refractivity contribution < 1.29 is 13.9 Å². The Bertz CT molecular complexity index is 361. The smallest absolute Gasteiger partial charge is 0.255 e. The maximum absolute atomic E-state index is 12.2. The van der Waals surface area contributed by atoms with E-state index in [1.165, 1.54) is 23.2 Å². The first-order chi connectivity index (χ1) is 7.67. The molecule has 1 heterocycles. The average molecular weight is 227 g/mol. The minimum atomic E-state index is -2.50. The maximum atomic E-state index is 12.2. The van der Waals surface area contributed by atoms with Crippen molar-refractivity contribution >= 4 is 5.82 Å². The molecule has 0 fully saturated rings. The maximum Gasteiger partial charge on any atom is 0.255 e. The van der Waals surface area contributed by atoms with Gasteiger partial charge in [0.05, 0.1) is 18.7 Å². The second-order valence-electron chi connectivity index (χ2n) is 3.08. The summed E-state index contributed by atoms with van der Waals surface area (Å²) in [5.74, 6) is 0.327. The van der Waals surface area contributed by atoms with Gasteiger partial charge in [-0.25, -0.2) is 13.8 Å². The molecule has 0 unspecified atom stereocenters. The fourth-order valence-electron chi connectivity index (χ4n) is 1.23. The Balaban J connectivity index is 2.80. The molecule has 0 saturated heterocycles. The predicted molar refractivity (Wildman–Crippen MR) is 54.3 cm³/mol. The minimum Gasteiger partial charge on any atom is -0.395 e. The van der Waals surface area contributed by atoms with Crippen molar-refractivity contribution in [1.29, 1.82) is 5.26 Å². The molecule has 86 valence electrons. The summed E-state index contributed by atoms with van der Waals surface area (Å²) in [6.45, 7) is -0.628. The summed E-state index contributed by atoms with van der Waals surface area (Å²) in [5.41, 5.74) is 0.366. The van der Waals surface area contributed by atoms with Crippen LogP contribution in [-0.4, -0.2) is 36.2 Å². The van der Waals surface area contributed by atoms with Crippen LogP contribution in [0.4, 0.5) is 14.6 Å². The lowest BCUT2D eigenvalue weighted by Gasteiger charge is -2.21. The van der Waals surface area contributed by atoms with E-state index in [0.29, 0.717) is 11.4 Å². The van der Waals surface area contributed by atoms with Crippen LogP contribution in [0.1, 0.15) is 5.56 Å². The van der Waals surface area contributed by atoms with E-state index in [1.807, 2.05) is 6.07 Å². The fourth-order valence-corrected chi connectivity index (χ4v) is 1.23. The van der Waals surface area contributed by atoms with Gasteiger partial charge in [0, 0.05) is 12.7 Å². The number of hydrogen-bond donors (Lipinski definition) is 1. The van der Waals surface area contributed by atoms with Crippen LogP contribution in [0.25, 0.3) is 0 Å². The highest BCUT2D eigenvalue weighted by Gasteiger charge is 2.13. The molecule has 16 heavy (non-hydrogen) atoms. The van der Waals surface area contributed by atoms with E-state index in [1.54, 1.807) is 0 Å². The van der Waals surface area contributed by atoms with Gasteiger partial charge in [0.25, 0.3) is 6.43 Å². The fraction of sp³-hybridized carbons (Fsp3) is 0.400. The van der Waals surface area contributed by atoms with E-state index < -0.39 is 13.0 Å². The number of nitriles is 1. The van der Waals surface area contributed by atoms with Gasteiger partial charge >= 0.3 is 0 Å². The van der Waals surface area contributed by atoms with E-state index in [-0.39, 0.29) is 13.2 Å². The summed E-state index contributed by atoms with van der Waals surface area (Å²) in [5, 5.41) is 17.3. The second-order valence-corrected chi connectivity index (χ2v) is 3.08. The van der Waals surface area contributed by atoms with Gasteiger partial charge in [-0.3, -0.25) is 0 Å². The molecule has 0 amide bonds. The summed E-state index contributed by atoms with van der Waals surface area (Å²) < 4.78 is 24.5. The quantitative estimate of drug-likeness (QED) is 0.815. The van der Waals surface area contributed by atoms with Gasteiger partial charge in [-0.05, 0) is 12.1 Å². The lowest BCUT2D eigenvalue weighted by atomic mass is 10.3. The van der Waals surface area contributed by atoms with Gasteiger partial charge in [0.1, 0.15) is 11.9 Å². The van der Waals surface area contributed by atoms with E-state index >= 15 is 0 Å². The lowest BCUT2D eigenvalue weighted by Crippen LogP contribution is -2.32. The molecule has 1 N–H and O–H groups in total. The first kappa shape index (κ1) is 12.3. The number of pyridine rings is 1. The summed E-state index contributed by atoms with van der Waals surface area (Å²) in [4.78, 5) is 5.15. The molecule has 0 radical (unpaired) electrons. The monoisotopic (exact) mass is 227 g/mol. The first-order valence-corrected chi connectivity index (χ1v) is 4.67. The summed E-state index contributed by atoms with van der Waals surface area (Å²) in [7, 11) is 0. The van der Waals surface area contributed by atoms with Crippen molar-refractivity contribution in [2.24, 2.45) is 0 Å². The predicted octanol–water partition coefficient (Wildman–Crippen LogP) is 1.02. The molecule has 6 heteroatoms. The molecule has 1 aromatic rings. The molecule has 0 aliphatic rings. The van der Waals surface area contributed by atoms with E-state index in [9.17, 15) is 8.78 Å². The summed E-state index contributed by atoms with van der Waals surface area (Å²) in [6, 6.07) is 4.87. The average Bonchev–Trinajstić information content (AvgIpc) is 2.28. The van der Waals surface area contributed by atoms with Gasteiger partial charge in [0.2, 0.25) is 0 Å². The highest BCUT2D eigenvalue weighted by molar-refractivity contribution is 5.41. The third-order valence-electron chi connectivity index (χ3n) is 1.93. The van der Waals surface area contributed by atoms with Crippen molar-refractivity contribution in [3.63, 3.8) is 0 Å². The Kier molecular flexibility index (Phi) is 4.61. The van der Waals surface area contributed by atoms with Crippen molar-refractivity contribution in [1.82, 2.24) is 4.98 Å². The number of halogens is 2. The number of aliphatic hydroxyl groups is 1. The van der Waals surface area contributed by atoms with Crippen LogP contribution >= 0.6 is 0 Å². The molecule has 4 nitrogen and oxygen atoms in total. The zero-order chi connectivity index (χ0) is 12.0. The third kappa shape index (κ3) is 3.44. The van der Waals surface area contributed by atoms with Crippen LogP contribution < -0.4 is 4.90 Å². The normalized spacial score (nSPS) is 10.2. The molecule has 0 aliphatic carbocycles. The Morgan fingerprint density at radius 1 is 1.50 bits per heavy atom. The van der Waals surface area contributed by atoms with Crippen LogP contribution in [0.2, 0.25) is 0 Å². The van der Waals surface area contributed by atoms with Crippen molar-refractivity contribution in [2.45, 2.75) is 6.43 Å². The van der Waals surface area contributed by atoms with Gasteiger partial charge in [0.15, 0.2) is 0 Å². The molecule has 0 spiro atoms. The van der Waals surface area contributed by atoms with Crippen LogP contribution in [-0.2, 0) is 0 Å². The molecule has 0 saturated carbocycles. The second kappa shape index (κ2) is 5.98. The van der Waals surface area contributed by atoms with Crippen LogP contribution in [0, 0.1) is 11.3 Å². The van der Waals surface area contributed by atoms with Crippen LogP contribution in [0.3, 0.4) is 0 Å². The summed E-state index contributed by atoms with van der Waals surface area (Å²) in [6.07, 6.45) is -1.19. The minimum absolute atomic E-state index is 0.0865. The highest BCUT2D eigenvalue weighted by Crippen LogP contribution is 2.12. The SMILES string of the molecule is N#Cc1ccc(N(CCO)CC(F)F)nc1. The largest absolute Gasteiger partial charge is 0.395 e. The molecule has 1 aromatic heterocycles. The van der Waals surface area contributed by atoms with Crippen LogP contribution in [0.5, 0.6) is 0 Å². The van der Waals surface area contributed by atoms with E-state index in [2.05, 4.69) is 4.98 Å². The van der Waals surface area contributed by atoms with Gasteiger partial charge < -0.3 is 10.0 Å². The Morgan fingerprint density at radius 2 is 2.25 bits per heavy atom. The molecule has 0 aromatic carbocycles. The molecule has 1 rings (SSSR count). The standard InChI is InChI=1S/C10H11F2N3O/c11-9(12)7-15(3-4-16)10-2-1-8(5-13)6-14-10/h1-2,6,9,16H,3-4,7H2.